The summed E-state index contributed by atoms with van der Waals surface area (Å²) in [7, 11) is 0. The monoisotopic (exact) mass is 290 g/mol. The van der Waals surface area contributed by atoms with Gasteiger partial charge in [0.1, 0.15) is 0 Å². The Bertz CT molecular complexity index is 356. The van der Waals surface area contributed by atoms with Crippen LogP contribution in [0.4, 0.5) is 0 Å². The maximum atomic E-state index is 6.14. The zero-order chi connectivity index (χ0) is 14.6. The molecule has 120 valence electrons. The van der Waals surface area contributed by atoms with Crippen molar-refractivity contribution < 1.29 is 0 Å². The third kappa shape index (κ3) is 2.28. The normalized spacial score (nSPS) is 51.3. The zero-order valence-electron chi connectivity index (χ0n) is 14.1. The highest BCUT2D eigenvalue weighted by molar-refractivity contribution is 5.07. The largest absolute Gasteiger partial charge is 0.329 e. The highest BCUT2D eigenvalue weighted by atomic mass is 15.2. The van der Waals surface area contributed by atoms with E-state index in [1.165, 1.54) is 38.5 Å². The van der Waals surface area contributed by atoms with E-state index >= 15 is 0 Å². The van der Waals surface area contributed by atoms with Gasteiger partial charge in [0.2, 0.25) is 0 Å². The summed E-state index contributed by atoms with van der Waals surface area (Å²) < 4.78 is 0. The molecule has 5 aliphatic rings. The minimum absolute atomic E-state index is 0.647. The van der Waals surface area contributed by atoms with Crippen molar-refractivity contribution in [3.05, 3.63) is 0 Å². The Morgan fingerprint density at radius 3 is 2.14 bits per heavy atom. The smallest absolute Gasteiger partial charge is 0.0224 e. The molecule has 0 radical (unpaired) electrons. The lowest BCUT2D eigenvalue weighted by atomic mass is 9.47. The molecular formula is C19H34N2. The second kappa shape index (κ2) is 5.23. The van der Waals surface area contributed by atoms with E-state index in [2.05, 4.69) is 18.7 Å². The van der Waals surface area contributed by atoms with Gasteiger partial charge in [0, 0.05) is 24.7 Å². The molecule has 5 fully saturated rings. The Labute approximate surface area is 130 Å². The van der Waals surface area contributed by atoms with Crippen LogP contribution in [0.2, 0.25) is 0 Å². The summed E-state index contributed by atoms with van der Waals surface area (Å²) in [6.45, 7) is 5.89. The summed E-state index contributed by atoms with van der Waals surface area (Å²) in [5, 5.41) is 0. The second-order valence-electron chi connectivity index (χ2n) is 9.07. The van der Waals surface area contributed by atoms with E-state index in [1.807, 2.05) is 0 Å². The first-order valence-electron chi connectivity index (χ1n) is 9.59. The molecule has 0 aromatic rings. The molecule has 2 heteroatoms. The maximum absolute atomic E-state index is 6.14. The highest BCUT2D eigenvalue weighted by Crippen LogP contribution is 2.62. The van der Waals surface area contributed by atoms with Gasteiger partial charge in [0.25, 0.3) is 0 Å². The molecule has 4 saturated carbocycles. The summed E-state index contributed by atoms with van der Waals surface area (Å²) in [5.41, 5.74) is 6.79. The van der Waals surface area contributed by atoms with Gasteiger partial charge in [-0.1, -0.05) is 6.42 Å². The first-order valence-corrected chi connectivity index (χ1v) is 9.59. The number of likely N-dealkylation sites (tertiary alicyclic amines) is 1. The number of hydrogen-bond donors (Lipinski definition) is 1. The van der Waals surface area contributed by atoms with E-state index in [9.17, 15) is 0 Å². The van der Waals surface area contributed by atoms with Gasteiger partial charge in [-0.15, -0.1) is 0 Å². The lowest BCUT2D eigenvalue weighted by Crippen LogP contribution is -2.61. The van der Waals surface area contributed by atoms with E-state index in [-0.39, 0.29) is 0 Å². The van der Waals surface area contributed by atoms with E-state index in [0.29, 0.717) is 11.5 Å². The first-order chi connectivity index (χ1) is 10.1. The molecule has 2 N–H and O–H groups in total. The van der Waals surface area contributed by atoms with Crippen LogP contribution in [0.3, 0.4) is 0 Å². The van der Waals surface area contributed by atoms with Crippen LogP contribution in [0.15, 0.2) is 0 Å². The van der Waals surface area contributed by atoms with Crippen LogP contribution >= 0.6 is 0 Å². The zero-order valence-corrected chi connectivity index (χ0v) is 14.1. The van der Waals surface area contributed by atoms with Crippen LogP contribution in [-0.2, 0) is 0 Å². The predicted molar refractivity (Wildman–Crippen MR) is 88.1 cm³/mol. The number of hydrogen-bond acceptors (Lipinski definition) is 2. The topological polar surface area (TPSA) is 29.3 Å². The lowest BCUT2D eigenvalue weighted by Gasteiger charge is -2.62. The molecule has 5 rings (SSSR count). The molecule has 1 saturated heterocycles. The van der Waals surface area contributed by atoms with Crippen LogP contribution in [0.25, 0.3) is 0 Å². The van der Waals surface area contributed by atoms with Crippen molar-refractivity contribution in [2.45, 2.75) is 89.8 Å². The summed E-state index contributed by atoms with van der Waals surface area (Å²) >= 11 is 0. The van der Waals surface area contributed by atoms with Crippen molar-refractivity contribution in [1.82, 2.24) is 4.90 Å². The van der Waals surface area contributed by atoms with Gasteiger partial charge in [0.15, 0.2) is 0 Å². The van der Waals surface area contributed by atoms with Crippen molar-refractivity contribution in [1.29, 1.82) is 0 Å². The Balaban J connectivity index is 1.59. The Morgan fingerprint density at radius 1 is 1.05 bits per heavy atom. The molecule has 3 atom stereocenters. The molecule has 0 amide bonds. The summed E-state index contributed by atoms with van der Waals surface area (Å²) in [6.07, 6.45) is 13.4. The maximum Gasteiger partial charge on any atom is 0.0224 e. The Morgan fingerprint density at radius 2 is 1.62 bits per heavy atom. The number of rotatable bonds is 3. The van der Waals surface area contributed by atoms with Crippen LogP contribution in [-0.4, -0.2) is 29.6 Å². The molecular weight excluding hydrogens is 256 g/mol. The fourth-order valence-electron chi connectivity index (χ4n) is 7.25. The second-order valence-corrected chi connectivity index (χ2v) is 9.07. The third-order valence-corrected chi connectivity index (χ3v) is 7.78. The SMILES string of the molecule is CC1CCCC(CN)N1C(C)C12CC3CC(CC(C3)C1)C2. The van der Waals surface area contributed by atoms with Crippen molar-refractivity contribution >= 4 is 0 Å². The molecule has 21 heavy (non-hydrogen) atoms. The molecule has 4 aliphatic carbocycles. The molecule has 4 bridgehead atoms. The summed E-state index contributed by atoms with van der Waals surface area (Å²) in [5.74, 6) is 3.19. The first kappa shape index (κ1) is 14.5. The molecule has 1 heterocycles. The van der Waals surface area contributed by atoms with Crippen molar-refractivity contribution in [2.75, 3.05) is 6.54 Å². The third-order valence-electron chi connectivity index (χ3n) is 7.78. The fourth-order valence-corrected chi connectivity index (χ4v) is 7.25. The van der Waals surface area contributed by atoms with Gasteiger partial charge < -0.3 is 5.73 Å². The molecule has 0 spiro atoms. The number of piperidine rings is 1. The number of nitrogens with zero attached hydrogens (tertiary/aromatic N) is 1. The average Bonchev–Trinajstić information content (AvgIpc) is 2.44. The quantitative estimate of drug-likeness (QED) is 0.857. The lowest BCUT2D eigenvalue weighted by molar-refractivity contribution is -0.117. The highest BCUT2D eigenvalue weighted by Gasteiger charge is 2.55. The van der Waals surface area contributed by atoms with Gasteiger partial charge in [-0.25, -0.2) is 0 Å². The van der Waals surface area contributed by atoms with Gasteiger partial charge in [-0.3, -0.25) is 4.90 Å². The van der Waals surface area contributed by atoms with E-state index in [0.717, 1.165) is 36.4 Å². The molecule has 2 nitrogen and oxygen atoms in total. The van der Waals surface area contributed by atoms with Gasteiger partial charge >= 0.3 is 0 Å². The molecule has 0 aromatic carbocycles. The van der Waals surface area contributed by atoms with Crippen LogP contribution in [0.5, 0.6) is 0 Å². The Kier molecular flexibility index (Phi) is 3.61. The van der Waals surface area contributed by atoms with Crippen molar-refractivity contribution in [3.63, 3.8) is 0 Å². The fraction of sp³-hybridized carbons (Fsp3) is 1.00. The minimum Gasteiger partial charge on any atom is -0.329 e. The Hall–Kier alpha value is -0.0800. The van der Waals surface area contributed by atoms with Gasteiger partial charge in [-0.05, 0) is 88.4 Å². The summed E-state index contributed by atoms with van der Waals surface area (Å²) in [4.78, 5) is 2.87. The van der Waals surface area contributed by atoms with Crippen molar-refractivity contribution in [2.24, 2.45) is 28.9 Å². The van der Waals surface area contributed by atoms with Crippen LogP contribution in [0.1, 0.15) is 71.6 Å². The van der Waals surface area contributed by atoms with Crippen LogP contribution in [0, 0.1) is 23.2 Å². The van der Waals surface area contributed by atoms with E-state index < -0.39 is 0 Å². The standard InChI is InChI=1S/C19H34N2/c1-13-4-3-5-18(12-20)21(13)14(2)19-9-15-6-16(10-19)8-17(7-15)11-19/h13-18H,3-12,20H2,1-2H3. The van der Waals surface area contributed by atoms with Gasteiger partial charge in [0.05, 0.1) is 0 Å². The minimum atomic E-state index is 0.647. The number of nitrogens with two attached hydrogens (primary N) is 1. The van der Waals surface area contributed by atoms with Crippen LogP contribution < -0.4 is 5.73 Å². The predicted octanol–water partition coefficient (Wildman–Crippen LogP) is 3.79. The van der Waals surface area contributed by atoms with Gasteiger partial charge in [-0.2, -0.15) is 0 Å². The summed E-state index contributed by atoms with van der Waals surface area (Å²) in [6, 6.07) is 2.15. The molecule has 0 aromatic heterocycles. The molecule has 1 aliphatic heterocycles. The average molecular weight is 290 g/mol. The molecule has 3 unspecified atom stereocenters. The van der Waals surface area contributed by atoms with E-state index in [1.54, 1.807) is 19.3 Å². The van der Waals surface area contributed by atoms with Crippen molar-refractivity contribution in [3.8, 4) is 0 Å². The van der Waals surface area contributed by atoms with E-state index in [4.69, 9.17) is 5.73 Å².